The van der Waals surface area contributed by atoms with Gasteiger partial charge in [-0.25, -0.2) is 4.98 Å². The number of hydrogen-bond acceptors (Lipinski definition) is 4. The Balaban J connectivity index is 2.30. The molecule has 0 fully saturated rings. The van der Waals surface area contributed by atoms with Crippen molar-refractivity contribution in [3.63, 3.8) is 0 Å². The molecule has 15 heavy (non-hydrogen) atoms. The smallest absolute Gasteiger partial charge is 0.254 e. The molecule has 1 rings (SSSR count). The largest absolute Gasteiger partial charge is 0.368 e. The maximum atomic E-state index is 11.5. The van der Waals surface area contributed by atoms with E-state index in [-0.39, 0.29) is 5.91 Å². The number of carbonyl (C=O) groups is 1. The van der Waals surface area contributed by atoms with Crippen molar-refractivity contribution in [2.45, 2.75) is 19.4 Å². The average Bonchev–Trinajstić information content (AvgIpc) is 2.70. The second-order valence-corrected chi connectivity index (χ2v) is 3.81. The second-order valence-electron chi connectivity index (χ2n) is 2.92. The quantitative estimate of drug-likeness (QED) is 0.596. The fourth-order valence-corrected chi connectivity index (χ4v) is 1.43. The van der Waals surface area contributed by atoms with Gasteiger partial charge < -0.3 is 4.74 Å². The summed E-state index contributed by atoms with van der Waals surface area (Å²) in [6.07, 6.45) is 3.68. The van der Waals surface area contributed by atoms with Crippen molar-refractivity contribution < 1.29 is 9.53 Å². The first-order valence-electron chi connectivity index (χ1n) is 4.67. The molecule has 5 heteroatoms. The molecule has 82 valence electrons. The summed E-state index contributed by atoms with van der Waals surface area (Å²) in [5.74, 6) is -0.172. The minimum atomic E-state index is -0.464. The Labute approximate surface area is 93.0 Å². The molecule has 1 atom stereocenters. The van der Waals surface area contributed by atoms with Crippen molar-refractivity contribution >= 4 is 22.4 Å². The Morgan fingerprint density at radius 2 is 2.67 bits per heavy atom. The van der Waals surface area contributed by atoms with Crippen molar-refractivity contribution in [1.29, 1.82) is 0 Å². The van der Waals surface area contributed by atoms with Gasteiger partial charge in [-0.1, -0.05) is 6.08 Å². The predicted octanol–water partition coefficient (Wildman–Crippen LogP) is 2.06. The molecule has 0 aliphatic carbocycles. The Morgan fingerprint density at radius 1 is 1.87 bits per heavy atom. The van der Waals surface area contributed by atoms with E-state index in [4.69, 9.17) is 4.74 Å². The Hall–Kier alpha value is -1.20. The number of hydrogen-bond donors (Lipinski definition) is 1. The van der Waals surface area contributed by atoms with Crippen LogP contribution in [0.15, 0.2) is 24.2 Å². The van der Waals surface area contributed by atoms with Gasteiger partial charge in [-0.2, -0.15) is 0 Å². The van der Waals surface area contributed by atoms with E-state index in [0.29, 0.717) is 11.7 Å². The number of rotatable bonds is 6. The van der Waals surface area contributed by atoms with Crippen molar-refractivity contribution in [3.8, 4) is 0 Å². The van der Waals surface area contributed by atoms with Crippen molar-refractivity contribution in [1.82, 2.24) is 4.98 Å². The highest BCUT2D eigenvalue weighted by molar-refractivity contribution is 7.13. The van der Waals surface area contributed by atoms with E-state index in [1.165, 1.54) is 11.3 Å². The fourth-order valence-electron chi connectivity index (χ4n) is 0.896. The molecule has 0 aromatic carbocycles. The minimum Gasteiger partial charge on any atom is -0.368 e. The number of aromatic nitrogens is 1. The van der Waals surface area contributed by atoms with Crippen LogP contribution in [0.3, 0.4) is 0 Å². The van der Waals surface area contributed by atoms with Crippen molar-refractivity contribution in [2.75, 3.05) is 11.9 Å². The van der Waals surface area contributed by atoms with Gasteiger partial charge in [0.1, 0.15) is 6.10 Å². The SMILES string of the molecule is C=CCCOC(C)C(=O)Nc1nccs1. The Morgan fingerprint density at radius 3 is 3.27 bits per heavy atom. The maximum absolute atomic E-state index is 11.5. The van der Waals surface area contributed by atoms with Crippen LogP contribution in [0.4, 0.5) is 5.13 Å². The number of amides is 1. The van der Waals surface area contributed by atoms with Crippen LogP contribution in [0.2, 0.25) is 0 Å². The van der Waals surface area contributed by atoms with Crippen LogP contribution in [0.25, 0.3) is 0 Å². The van der Waals surface area contributed by atoms with E-state index in [0.717, 1.165) is 6.42 Å². The zero-order valence-electron chi connectivity index (χ0n) is 8.60. The number of carbonyl (C=O) groups excluding carboxylic acids is 1. The molecule has 0 radical (unpaired) electrons. The van der Waals surface area contributed by atoms with Crippen molar-refractivity contribution in [2.24, 2.45) is 0 Å². The third-order valence-electron chi connectivity index (χ3n) is 1.72. The lowest BCUT2D eigenvalue weighted by atomic mass is 10.3. The first-order chi connectivity index (χ1) is 7.24. The summed E-state index contributed by atoms with van der Waals surface area (Å²) in [5.41, 5.74) is 0. The predicted molar refractivity (Wildman–Crippen MR) is 61.0 cm³/mol. The fraction of sp³-hybridized carbons (Fsp3) is 0.400. The zero-order valence-corrected chi connectivity index (χ0v) is 9.42. The van der Waals surface area contributed by atoms with E-state index in [1.54, 1.807) is 24.6 Å². The van der Waals surface area contributed by atoms with Crippen LogP contribution < -0.4 is 5.32 Å². The molecule has 0 saturated carbocycles. The van der Waals surface area contributed by atoms with Crippen LogP contribution in [-0.4, -0.2) is 23.6 Å². The number of thiazole rings is 1. The van der Waals surface area contributed by atoms with Crippen LogP contribution in [0, 0.1) is 0 Å². The molecule has 0 aliphatic rings. The second kappa shape index (κ2) is 6.31. The van der Waals surface area contributed by atoms with Gasteiger partial charge in [-0.3, -0.25) is 10.1 Å². The summed E-state index contributed by atoms with van der Waals surface area (Å²) in [6, 6.07) is 0. The number of nitrogens with zero attached hydrogens (tertiary/aromatic N) is 1. The topological polar surface area (TPSA) is 51.2 Å². The first kappa shape index (κ1) is 11.9. The summed E-state index contributed by atoms with van der Waals surface area (Å²) in [6.45, 7) is 5.80. The highest BCUT2D eigenvalue weighted by Crippen LogP contribution is 2.10. The lowest BCUT2D eigenvalue weighted by Crippen LogP contribution is -2.27. The van der Waals surface area contributed by atoms with Gasteiger partial charge in [0.2, 0.25) is 0 Å². The Bertz CT molecular complexity index is 311. The van der Waals surface area contributed by atoms with Gasteiger partial charge in [-0.05, 0) is 13.3 Å². The summed E-state index contributed by atoms with van der Waals surface area (Å²) in [4.78, 5) is 15.5. The molecule has 1 N–H and O–H groups in total. The molecule has 1 aromatic rings. The van der Waals surface area contributed by atoms with Gasteiger partial charge in [0.05, 0.1) is 6.61 Å². The highest BCUT2D eigenvalue weighted by atomic mass is 32.1. The Kier molecular flexibility index (Phi) is 5.00. The van der Waals surface area contributed by atoms with Gasteiger partial charge in [0.15, 0.2) is 5.13 Å². The molecule has 1 heterocycles. The molecule has 0 spiro atoms. The third-order valence-corrected chi connectivity index (χ3v) is 2.41. The van der Waals surface area contributed by atoms with Gasteiger partial charge in [0, 0.05) is 11.6 Å². The van der Waals surface area contributed by atoms with E-state index in [9.17, 15) is 4.79 Å². The van der Waals surface area contributed by atoms with Gasteiger partial charge in [0.25, 0.3) is 5.91 Å². The van der Waals surface area contributed by atoms with Crippen LogP contribution in [0.5, 0.6) is 0 Å². The molecular formula is C10H14N2O2S. The molecule has 0 bridgehead atoms. The lowest BCUT2D eigenvalue weighted by Gasteiger charge is -2.10. The molecule has 1 aromatic heterocycles. The summed E-state index contributed by atoms with van der Waals surface area (Å²) in [5, 5.41) is 5.07. The average molecular weight is 226 g/mol. The van der Waals surface area contributed by atoms with Crippen molar-refractivity contribution in [3.05, 3.63) is 24.2 Å². The number of nitrogens with one attached hydrogen (secondary N) is 1. The maximum Gasteiger partial charge on any atom is 0.254 e. The van der Waals surface area contributed by atoms with Crippen LogP contribution in [0.1, 0.15) is 13.3 Å². The zero-order chi connectivity index (χ0) is 11.1. The third kappa shape index (κ3) is 4.22. The minimum absolute atomic E-state index is 0.172. The molecule has 0 saturated heterocycles. The molecule has 1 amide bonds. The molecule has 1 unspecified atom stereocenters. The van der Waals surface area contributed by atoms with Gasteiger partial charge >= 0.3 is 0 Å². The lowest BCUT2D eigenvalue weighted by molar-refractivity contribution is -0.126. The van der Waals surface area contributed by atoms with Crippen LogP contribution in [-0.2, 0) is 9.53 Å². The van der Waals surface area contributed by atoms with Crippen LogP contribution >= 0.6 is 11.3 Å². The standard InChI is InChI=1S/C10H14N2O2S/c1-3-4-6-14-8(2)9(13)12-10-11-5-7-15-10/h3,5,7-8H,1,4,6H2,2H3,(H,11,12,13). The first-order valence-corrected chi connectivity index (χ1v) is 5.55. The molecule has 0 aliphatic heterocycles. The van der Waals surface area contributed by atoms with Gasteiger partial charge in [-0.15, -0.1) is 17.9 Å². The summed E-state index contributed by atoms with van der Waals surface area (Å²) < 4.78 is 5.29. The van der Waals surface area contributed by atoms with E-state index >= 15 is 0 Å². The number of anilines is 1. The highest BCUT2D eigenvalue weighted by Gasteiger charge is 2.13. The monoisotopic (exact) mass is 226 g/mol. The summed E-state index contributed by atoms with van der Waals surface area (Å²) in [7, 11) is 0. The molecular weight excluding hydrogens is 212 g/mol. The van der Waals surface area contributed by atoms with E-state index in [2.05, 4.69) is 16.9 Å². The summed E-state index contributed by atoms with van der Waals surface area (Å²) >= 11 is 1.38. The normalized spacial score (nSPS) is 12.1. The number of ether oxygens (including phenoxy) is 1. The molecule has 4 nitrogen and oxygen atoms in total. The van der Waals surface area contributed by atoms with E-state index < -0.39 is 6.10 Å². The van der Waals surface area contributed by atoms with E-state index in [1.807, 2.05) is 0 Å².